The maximum Gasteiger partial charge on any atom is 0.276 e. The number of hydrogen-bond acceptors (Lipinski definition) is 4. The topological polar surface area (TPSA) is 59.4 Å². The standard InChI is InChI=1S/C22H26N4O2/c1-16-6-5-8-19(17(16)2)23-22(27)21-18-7-3-4-9-20(18)26(24-21)11-10-25-12-14-28-15-13-25/h3-9H,10-15H2,1-2H3,(H,23,27). The van der Waals surface area contributed by atoms with Gasteiger partial charge in [0.05, 0.1) is 25.3 Å². The molecule has 1 aliphatic rings. The third-order valence-electron chi connectivity index (χ3n) is 5.46. The number of nitrogens with one attached hydrogen (secondary N) is 1. The fraction of sp³-hybridized carbons (Fsp3) is 0.364. The van der Waals surface area contributed by atoms with E-state index in [1.54, 1.807) is 0 Å². The Hall–Kier alpha value is -2.70. The second kappa shape index (κ2) is 8.12. The van der Waals surface area contributed by atoms with Crippen LogP contribution in [-0.2, 0) is 11.3 Å². The van der Waals surface area contributed by atoms with Crippen LogP contribution in [0.1, 0.15) is 21.6 Å². The van der Waals surface area contributed by atoms with Crippen molar-refractivity contribution in [3.63, 3.8) is 0 Å². The molecule has 0 unspecified atom stereocenters. The highest BCUT2D eigenvalue weighted by Gasteiger charge is 2.19. The number of hydrogen-bond donors (Lipinski definition) is 1. The largest absolute Gasteiger partial charge is 0.379 e. The van der Waals surface area contributed by atoms with E-state index < -0.39 is 0 Å². The summed E-state index contributed by atoms with van der Waals surface area (Å²) in [5.41, 5.74) is 4.52. The van der Waals surface area contributed by atoms with Gasteiger partial charge in [0.25, 0.3) is 5.91 Å². The number of ether oxygens (including phenoxy) is 1. The molecule has 4 rings (SSSR count). The Morgan fingerprint density at radius 2 is 1.86 bits per heavy atom. The minimum absolute atomic E-state index is 0.171. The first-order chi connectivity index (χ1) is 13.6. The first kappa shape index (κ1) is 18.7. The normalized spacial score (nSPS) is 15.1. The lowest BCUT2D eigenvalue weighted by atomic mass is 10.1. The number of fused-ring (bicyclic) bond motifs is 1. The summed E-state index contributed by atoms with van der Waals surface area (Å²) >= 11 is 0. The van der Waals surface area contributed by atoms with Crippen LogP contribution in [0.4, 0.5) is 5.69 Å². The number of aryl methyl sites for hydroxylation is 1. The molecule has 0 bridgehead atoms. The smallest absolute Gasteiger partial charge is 0.276 e. The van der Waals surface area contributed by atoms with Crippen molar-refractivity contribution in [2.75, 3.05) is 38.2 Å². The molecule has 1 aliphatic heterocycles. The van der Waals surface area contributed by atoms with Crippen LogP contribution in [-0.4, -0.2) is 53.4 Å². The lowest BCUT2D eigenvalue weighted by Crippen LogP contribution is -2.38. The molecular formula is C22H26N4O2. The second-order valence-electron chi connectivity index (χ2n) is 7.24. The number of carbonyl (C=O) groups excluding carboxylic acids is 1. The summed E-state index contributed by atoms with van der Waals surface area (Å²) in [6.07, 6.45) is 0. The minimum Gasteiger partial charge on any atom is -0.379 e. The number of rotatable bonds is 5. The first-order valence-corrected chi connectivity index (χ1v) is 9.76. The second-order valence-corrected chi connectivity index (χ2v) is 7.24. The van der Waals surface area contributed by atoms with Crippen LogP contribution in [0.2, 0.25) is 0 Å². The van der Waals surface area contributed by atoms with E-state index in [-0.39, 0.29) is 5.91 Å². The van der Waals surface area contributed by atoms with Gasteiger partial charge in [-0.25, -0.2) is 0 Å². The van der Waals surface area contributed by atoms with E-state index in [1.165, 1.54) is 0 Å². The Bertz CT molecular complexity index is 989. The summed E-state index contributed by atoms with van der Waals surface area (Å²) in [5.74, 6) is -0.171. The van der Waals surface area contributed by atoms with Crippen molar-refractivity contribution in [1.82, 2.24) is 14.7 Å². The zero-order valence-corrected chi connectivity index (χ0v) is 16.4. The predicted molar refractivity (Wildman–Crippen MR) is 111 cm³/mol. The van der Waals surface area contributed by atoms with E-state index in [4.69, 9.17) is 4.74 Å². The average molecular weight is 378 g/mol. The number of anilines is 1. The van der Waals surface area contributed by atoms with Crippen LogP contribution in [0.5, 0.6) is 0 Å². The molecule has 0 spiro atoms. The van der Waals surface area contributed by atoms with Crippen LogP contribution >= 0.6 is 0 Å². The third-order valence-corrected chi connectivity index (χ3v) is 5.46. The molecule has 3 aromatic rings. The van der Waals surface area contributed by atoms with E-state index >= 15 is 0 Å². The fourth-order valence-corrected chi connectivity index (χ4v) is 3.59. The molecule has 0 aliphatic carbocycles. The summed E-state index contributed by atoms with van der Waals surface area (Å²) in [5, 5.41) is 8.59. The van der Waals surface area contributed by atoms with Gasteiger partial charge in [-0.3, -0.25) is 14.4 Å². The molecule has 2 aromatic carbocycles. The molecule has 1 amide bonds. The Kier molecular flexibility index (Phi) is 5.41. The molecule has 0 atom stereocenters. The molecule has 2 heterocycles. The fourth-order valence-electron chi connectivity index (χ4n) is 3.59. The summed E-state index contributed by atoms with van der Waals surface area (Å²) in [6.45, 7) is 9.15. The highest BCUT2D eigenvalue weighted by Crippen LogP contribution is 2.22. The van der Waals surface area contributed by atoms with E-state index in [2.05, 4.69) is 15.3 Å². The maximum atomic E-state index is 13.0. The van der Waals surface area contributed by atoms with Gasteiger partial charge in [0.2, 0.25) is 0 Å². The first-order valence-electron chi connectivity index (χ1n) is 9.76. The average Bonchev–Trinajstić information content (AvgIpc) is 3.10. The number of para-hydroxylation sites is 1. The lowest BCUT2D eigenvalue weighted by molar-refractivity contribution is 0.0361. The predicted octanol–water partition coefficient (Wildman–Crippen LogP) is 3.24. The van der Waals surface area contributed by atoms with Gasteiger partial charge in [-0.15, -0.1) is 0 Å². The van der Waals surface area contributed by atoms with Crippen LogP contribution in [0, 0.1) is 13.8 Å². The van der Waals surface area contributed by atoms with Crippen LogP contribution in [0.3, 0.4) is 0 Å². The van der Waals surface area contributed by atoms with Crippen LogP contribution in [0.25, 0.3) is 10.9 Å². The van der Waals surface area contributed by atoms with Crippen molar-refractivity contribution in [3.05, 3.63) is 59.3 Å². The molecule has 1 fully saturated rings. The van der Waals surface area contributed by atoms with Crippen LogP contribution < -0.4 is 5.32 Å². The molecule has 6 heteroatoms. The molecule has 0 radical (unpaired) electrons. The van der Waals surface area contributed by atoms with Gasteiger partial charge in [-0.05, 0) is 37.1 Å². The summed E-state index contributed by atoms with van der Waals surface area (Å²) < 4.78 is 7.36. The van der Waals surface area contributed by atoms with E-state index in [9.17, 15) is 4.79 Å². The molecule has 146 valence electrons. The molecule has 28 heavy (non-hydrogen) atoms. The quantitative estimate of drug-likeness (QED) is 0.740. The number of amides is 1. The van der Waals surface area contributed by atoms with Gasteiger partial charge in [0, 0.05) is 30.7 Å². The zero-order chi connectivity index (χ0) is 19.5. The van der Waals surface area contributed by atoms with Crippen molar-refractivity contribution in [3.8, 4) is 0 Å². The van der Waals surface area contributed by atoms with Crippen molar-refractivity contribution >= 4 is 22.5 Å². The third kappa shape index (κ3) is 3.79. The number of morpholine rings is 1. The summed E-state index contributed by atoms with van der Waals surface area (Å²) in [6, 6.07) is 13.9. The molecule has 1 saturated heterocycles. The number of aromatic nitrogens is 2. The van der Waals surface area contributed by atoms with E-state index in [0.717, 1.165) is 67.1 Å². The zero-order valence-electron chi connectivity index (χ0n) is 16.4. The number of carbonyl (C=O) groups is 1. The van der Waals surface area contributed by atoms with Gasteiger partial charge < -0.3 is 10.1 Å². The molecule has 6 nitrogen and oxygen atoms in total. The SMILES string of the molecule is Cc1cccc(NC(=O)c2nn(CCN3CCOCC3)c3ccccc23)c1C. The van der Waals surface area contributed by atoms with Gasteiger partial charge in [0.1, 0.15) is 0 Å². The molecule has 1 aromatic heterocycles. The van der Waals surface area contributed by atoms with Crippen molar-refractivity contribution in [1.29, 1.82) is 0 Å². The summed E-state index contributed by atoms with van der Waals surface area (Å²) in [7, 11) is 0. The maximum absolute atomic E-state index is 13.0. The Morgan fingerprint density at radius 1 is 1.07 bits per heavy atom. The van der Waals surface area contributed by atoms with Gasteiger partial charge in [-0.1, -0.05) is 30.3 Å². The Labute approximate surface area is 165 Å². The lowest BCUT2D eigenvalue weighted by Gasteiger charge is -2.26. The van der Waals surface area contributed by atoms with Crippen LogP contribution in [0.15, 0.2) is 42.5 Å². The highest BCUT2D eigenvalue weighted by atomic mass is 16.5. The van der Waals surface area contributed by atoms with Gasteiger partial charge in [-0.2, -0.15) is 5.10 Å². The van der Waals surface area contributed by atoms with Gasteiger partial charge >= 0.3 is 0 Å². The highest BCUT2D eigenvalue weighted by molar-refractivity contribution is 6.11. The monoisotopic (exact) mass is 378 g/mol. The van der Waals surface area contributed by atoms with Crippen molar-refractivity contribution in [2.45, 2.75) is 20.4 Å². The molecule has 0 saturated carbocycles. The Morgan fingerprint density at radius 3 is 2.68 bits per heavy atom. The molecule has 1 N–H and O–H groups in total. The molecular weight excluding hydrogens is 352 g/mol. The summed E-state index contributed by atoms with van der Waals surface area (Å²) in [4.78, 5) is 15.4. The minimum atomic E-state index is -0.171. The van der Waals surface area contributed by atoms with Gasteiger partial charge in [0.15, 0.2) is 5.69 Å². The number of nitrogens with zero attached hydrogens (tertiary/aromatic N) is 3. The van der Waals surface area contributed by atoms with Crippen molar-refractivity contribution in [2.24, 2.45) is 0 Å². The number of benzene rings is 2. The van der Waals surface area contributed by atoms with Crippen molar-refractivity contribution < 1.29 is 9.53 Å². The van der Waals surface area contributed by atoms with E-state index in [1.807, 2.05) is 61.0 Å². The van der Waals surface area contributed by atoms with E-state index in [0.29, 0.717) is 5.69 Å². The Balaban J connectivity index is 1.58.